The number of fused-ring (bicyclic) bond motifs is 2. The minimum Gasteiger partial charge on any atom is -0.497 e. The normalized spacial score (nSPS) is 23.3. The van der Waals surface area contributed by atoms with Crippen molar-refractivity contribution in [3.8, 4) is 5.75 Å². The first-order valence-corrected chi connectivity index (χ1v) is 8.51. The summed E-state index contributed by atoms with van der Waals surface area (Å²) in [7, 11) is 1.59. The first kappa shape index (κ1) is 16.6. The van der Waals surface area contributed by atoms with E-state index in [1.807, 2.05) is 49.4 Å². The molecule has 4 rings (SSSR count). The van der Waals surface area contributed by atoms with Crippen molar-refractivity contribution in [2.24, 2.45) is 0 Å². The molecule has 0 saturated carbocycles. The maximum atomic E-state index is 13.2. The number of carbonyl (C=O) groups excluding carboxylic acids is 2. The van der Waals surface area contributed by atoms with Crippen molar-refractivity contribution < 1.29 is 14.3 Å². The van der Waals surface area contributed by atoms with Gasteiger partial charge in [0.25, 0.3) is 5.91 Å². The highest BCUT2D eigenvalue weighted by Gasteiger charge is 2.63. The van der Waals surface area contributed by atoms with Crippen LogP contribution in [0.5, 0.6) is 5.75 Å². The molecule has 0 aromatic heterocycles. The number of ether oxygens (including phenoxy) is 1. The second-order valence-electron chi connectivity index (χ2n) is 7.26. The fourth-order valence-electron chi connectivity index (χ4n) is 3.88. The van der Waals surface area contributed by atoms with Gasteiger partial charge in [-0.2, -0.15) is 0 Å². The molecule has 1 atom stereocenters. The Hall–Kier alpha value is -2.86. The molecule has 2 amide bonds. The molecule has 2 N–H and O–H groups in total. The van der Waals surface area contributed by atoms with Crippen LogP contribution < -0.4 is 20.3 Å². The molecule has 26 heavy (non-hydrogen) atoms. The maximum Gasteiger partial charge on any atom is 0.270 e. The number of anilines is 2. The smallest absolute Gasteiger partial charge is 0.270 e. The highest BCUT2D eigenvalue weighted by atomic mass is 16.5. The van der Waals surface area contributed by atoms with Gasteiger partial charge in [-0.15, -0.1) is 0 Å². The fraction of sp³-hybridized carbons (Fsp3) is 0.300. The van der Waals surface area contributed by atoms with Crippen LogP contribution in [-0.2, 0) is 15.3 Å². The summed E-state index contributed by atoms with van der Waals surface area (Å²) < 4.78 is 5.41. The van der Waals surface area contributed by atoms with Crippen LogP contribution in [0.2, 0.25) is 0 Å². The summed E-state index contributed by atoms with van der Waals surface area (Å²) in [5.74, 6) is 0.211. The third-order valence-corrected chi connectivity index (χ3v) is 5.08. The molecule has 0 aliphatic carbocycles. The number of rotatable bonds is 2. The number of nitrogens with one attached hydrogen (secondary N) is 2. The second kappa shape index (κ2) is 5.32. The van der Waals surface area contributed by atoms with Crippen molar-refractivity contribution in [1.82, 2.24) is 5.32 Å². The van der Waals surface area contributed by atoms with E-state index in [2.05, 4.69) is 10.6 Å². The van der Waals surface area contributed by atoms with Crippen molar-refractivity contribution in [3.05, 3.63) is 53.6 Å². The largest absolute Gasteiger partial charge is 0.497 e. The summed E-state index contributed by atoms with van der Waals surface area (Å²) in [6.07, 6.45) is 0. The van der Waals surface area contributed by atoms with Crippen molar-refractivity contribution >= 4 is 23.2 Å². The van der Waals surface area contributed by atoms with E-state index >= 15 is 0 Å². The van der Waals surface area contributed by atoms with Crippen molar-refractivity contribution in [2.45, 2.75) is 32.0 Å². The second-order valence-corrected chi connectivity index (χ2v) is 7.26. The van der Waals surface area contributed by atoms with Gasteiger partial charge in [0, 0.05) is 11.3 Å². The van der Waals surface area contributed by atoms with Crippen LogP contribution in [0.4, 0.5) is 11.4 Å². The summed E-state index contributed by atoms with van der Waals surface area (Å²) in [6.45, 7) is 5.49. The minimum atomic E-state index is -1.31. The quantitative estimate of drug-likeness (QED) is 0.872. The van der Waals surface area contributed by atoms with Gasteiger partial charge in [-0.3, -0.25) is 19.8 Å². The summed E-state index contributed by atoms with van der Waals surface area (Å²) in [4.78, 5) is 28.0. The molecule has 2 aliphatic rings. The molecule has 2 aromatic rings. The SMILES string of the molecule is COc1cc(C)c2c(c1)C1(NC(C)(C)C(=O)N1c1ccccc1)C(=O)N2. The van der Waals surface area contributed by atoms with Gasteiger partial charge in [-0.25, -0.2) is 0 Å². The Balaban J connectivity index is 2.02. The van der Waals surface area contributed by atoms with E-state index in [0.29, 0.717) is 17.0 Å². The zero-order valence-corrected chi connectivity index (χ0v) is 15.2. The summed E-state index contributed by atoms with van der Waals surface area (Å²) in [5, 5.41) is 6.25. The lowest BCUT2D eigenvalue weighted by Crippen LogP contribution is -2.56. The number of hydrogen-bond acceptors (Lipinski definition) is 4. The van der Waals surface area contributed by atoms with Crippen LogP contribution in [0.1, 0.15) is 25.0 Å². The lowest BCUT2D eigenvalue weighted by molar-refractivity contribution is -0.124. The maximum absolute atomic E-state index is 13.2. The third kappa shape index (κ3) is 2.02. The average Bonchev–Trinajstić information content (AvgIpc) is 3.00. The standard InChI is InChI=1S/C20H21N3O3/c1-12-10-14(26-4)11-15-16(12)21-17(24)20(15)22-19(2,3)18(25)23(20)13-8-6-5-7-9-13/h5-11,22H,1-4H3,(H,21,24). The zero-order chi connectivity index (χ0) is 18.7. The van der Waals surface area contributed by atoms with E-state index in [-0.39, 0.29) is 11.8 Å². The van der Waals surface area contributed by atoms with Crippen LogP contribution in [0.15, 0.2) is 42.5 Å². The van der Waals surface area contributed by atoms with Crippen LogP contribution in [0.25, 0.3) is 0 Å². The molecule has 2 heterocycles. The molecule has 1 saturated heterocycles. The fourth-order valence-corrected chi connectivity index (χ4v) is 3.88. The molecule has 1 fully saturated rings. The molecule has 134 valence electrons. The first-order chi connectivity index (χ1) is 12.3. The van der Waals surface area contributed by atoms with Gasteiger partial charge >= 0.3 is 0 Å². The van der Waals surface area contributed by atoms with Crippen molar-refractivity contribution in [2.75, 3.05) is 17.3 Å². The molecule has 1 spiro atoms. The topological polar surface area (TPSA) is 70.7 Å². The van der Waals surface area contributed by atoms with Gasteiger partial charge in [0.05, 0.1) is 18.3 Å². The minimum absolute atomic E-state index is 0.160. The Bertz CT molecular complexity index is 923. The van der Waals surface area contributed by atoms with Gasteiger partial charge in [0.1, 0.15) is 5.75 Å². The monoisotopic (exact) mass is 351 g/mol. The number of benzene rings is 2. The van der Waals surface area contributed by atoms with E-state index < -0.39 is 11.2 Å². The molecule has 2 aliphatic heterocycles. The molecule has 2 aromatic carbocycles. The molecule has 6 heteroatoms. The van der Waals surface area contributed by atoms with Gasteiger partial charge in [0.2, 0.25) is 11.6 Å². The number of nitrogens with zero attached hydrogens (tertiary/aromatic N) is 1. The highest BCUT2D eigenvalue weighted by Crippen LogP contribution is 2.48. The van der Waals surface area contributed by atoms with Gasteiger partial charge in [-0.05, 0) is 50.6 Å². The average molecular weight is 351 g/mol. The Kier molecular flexibility index (Phi) is 3.39. The van der Waals surface area contributed by atoms with Crippen LogP contribution in [0.3, 0.4) is 0 Å². The molecular weight excluding hydrogens is 330 g/mol. The van der Waals surface area contributed by atoms with E-state index in [9.17, 15) is 9.59 Å². The van der Waals surface area contributed by atoms with Crippen LogP contribution in [0, 0.1) is 6.92 Å². The van der Waals surface area contributed by atoms with Gasteiger partial charge in [-0.1, -0.05) is 18.2 Å². The van der Waals surface area contributed by atoms with Crippen LogP contribution in [-0.4, -0.2) is 24.5 Å². The van der Waals surface area contributed by atoms with E-state index in [0.717, 1.165) is 11.3 Å². The predicted octanol–water partition coefficient (Wildman–Crippen LogP) is 2.52. The number of amides is 2. The number of para-hydroxylation sites is 1. The number of methoxy groups -OCH3 is 1. The third-order valence-electron chi connectivity index (χ3n) is 5.08. The van der Waals surface area contributed by atoms with Gasteiger partial charge < -0.3 is 10.1 Å². The van der Waals surface area contributed by atoms with Crippen molar-refractivity contribution in [1.29, 1.82) is 0 Å². The Morgan fingerprint density at radius 3 is 2.42 bits per heavy atom. The van der Waals surface area contributed by atoms with E-state index in [4.69, 9.17) is 4.74 Å². The number of aryl methyl sites for hydroxylation is 1. The predicted molar refractivity (Wildman–Crippen MR) is 99.2 cm³/mol. The van der Waals surface area contributed by atoms with E-state index in [1.54, 1.807) is 25.9 Å². The number of hydrogen-bond donors (Lipinski definition) is 2. The van der Waals surface area contributed by atoms with E-state index in [1.165, 1.54) is 0 Å². The summed E-state index contributed by atoms with van der Waals surface area (Å²) in [6, 6.07) is 12.9. The van der Waals surface area contributed by atoms with Crippen molar-refractivity contribution in [3.63, 3.8) is 0 Å². The molecule has 0 bridgehead atoms. The van der Waals surface area contributed by atoms with Crippen LogP contribution >= 0.6 is 0 Å². The summed E-state index contributed by atoms with van der Waals surface area (Å²) in [5.41, 5.74) is 0.759. The Morgan fingerprint density at radius 1 is 1.08 bits per heavy atom. The summed E-state index contributed by atoms with van der Waals surface area (Å²) >= 11 is 0. The molecule has 0 radical (unpaired) electrons. The number of carbonyl (C=O) groups is 2. The highest BCUT2D eigenvalue weighted by molar-refractivity contribution is 6.17. The molecule has 1 unspecified atom stereocenters. The Labute approximate surface area is 152 Å². The first-order valence-electron chi connectivity index (χ1n) is 8.51. The zero-order valence-electron chi connectivity index (χ0n) is 15.2. The van der Waals surface area contributed by atoms with Gasteiger partial charge in [0.15, 0.2) is 0 Å². The lowest BCUT2D eigenvalue weighted by Gasteiger charge is -2.33. The molecular formula is C20H21N3O3. The lowest BCUT2D eigenvalue weighted by atomic mass is 9.96. The Morgan fingerprint density at radius 2 is 1.77 bits per heavy atom. The molecule has 6 nitrogen and oxygen atoms in total.